The number of nitrogens with one attached hydrogen (secondary N) is 3. The molecule has 3 N–H and O–H groups in total. The van der Waals surface area contributed by atoms with Gasteiger partial charge in [0.1, 0.15) is 11.2 Å². The monoisotopic (exact) mass is 561 g/mol. The Kier molecular flexibility index (Phi) is 6.69. The Balaban J connectivity index is 1.12. The Hall–Kier alpha value is -4.93. The second-order valence-electron chi connectivity index (χ2n) is 11.2. The van der Waals surface area contributed by atoms with Gasteiger partial charge in [0.25, 0.3) is 5.91 Å². The third-order valence-corrected chi connectivity index (χ3v) is 8.55. The van der Waals surface area contributed by atoms with Crippen LogP contribution in [0.3, 0.4) is 0 Å². The average molecular weight is 562 g/mol. The van der Waals surface area contributed by atoms with Crippen LogP contribution in [-0.2, 0) is 4.79 Å². The van der Waals surface area contributed by atoms with Crippen LogP contribution in [0.4, 0.5) is 5.69 Å². The average Bonchev–Trinajstić information content (AvgIpc) is 3.68. The molecular weight excluding hydrogens is 530 g/mol. The van der Waals surface area contributed by atoms with E-state index < -0.39 is 5.54 Å². The summed E-state index contributed by atoms with van der Waals surface area (Å²) >= 11 is 0. The number of aromatic nitrogens is 7. The third-order valence-electron chi connectivity index (χ3n) is 8.55. The number of benzene rings is 2. The fourth-order valence-corrected chi connectivity index (χ4v) is 6.13. The minimum Gasteiger partial charge on any atom is -0.338 e. The van der Waals surface area contributed by atoms with Crippen molar-refractivity contribution in [2.45, 2.75) is 62.8 Å². The first-order valence-electron chi connectivity index (χ1n) is 14.5. The minimum absolute atomic E-state index is 0.259. The van der Waals surface area contributed by atoms with Gasteiger partial charge in [-0.05, 0) is 73.7 Å². The van der Waals surface area contributed by atoms with Crippen LogP contribution in [0.5, 0.6) is 0 Å². The summed E-state index contributed by atoms with van der Waals surface area (Å²) in [5.41, 5.74) is 3.59. The molecule has 0 atom stereocenters. The molecule has 2 aromatic carbocycles. The number of hydrogen-bond donors (Lipinski definition) is 3. The van der Waals surface area contributed by atoms with E-state index in [1.165, 1.54) is 25.0 Å². The van der Waals surface area contributed by atoms with Crippen LogP contribution >= 0.6 is 0 Å². The van der Waals surface area contributed by atoms with Crippen LogP contribution in [0, 0.1) is 0 Å². The Labute approximate surface area is 242 Å². The van der Waals surface area contributed by atoms with Crippen molar-refractivity contribution in [2.24, 2.45) is 0 Å². The van der Waals surface area contributed by atoms with Gasteiger partial charge in [-0.15, -0.1) is 10.2 Å². The minimum atomic E-state index is -0.977. The molecule has 2 saturated carbocycles. The zero-order valence-corrected chi connectivity index (χ0v) is 23.1. The lowest BCUT2D eigenvalue weighted by atomic mass is 9.75. The number of para-hydroxylation sites is 1. The van der Waals surface area contributed by atoms with Gasteiger partial charge in [-0.2, -0.15) is 10.3 Å². The number of carbonyl (C=O) groups excluding carboxylic acids is 2. The van der Waals surface area contributed by atoms with E-state index in [1.54, 1.807) is 18.3 Å². The molecule has 2 fully saturated rings. The van der Waals surface area contributed by atoms with E-state index in [2.05, 4.69) is 53.1 Å². The number of fused-ring (bicyclic) bond motifs is 1. The predicted molar refractivity (Wildman–Crippen MR) is 157 cm³/mol. The van der Waals surface area contributed by atoms with Crippen molar-refractivity contribution in [3.05, 3.63) is 78.1 Å². The zero-order valence-electron chi connectivity index (χ0n) is 23.1. The summed E-state index contributed by atoms with van der Waals surface area (Å²) in [6, 6.07) is 19.3. The highest BCUT2D eigenvalue weighted by Crippen LogP contribution is 2.38. The fourth-order valence-electron chi connectivity index (χ4n) is 6.13. The Morgan fingerprint density at radius 3 is 2.48 bits per heavy atom. The Morgan fingerprint density at radius 2 is 1.79 bits per heavy atom. The first-order chi connectivity index (χ1) is 20.6. The van der Waals surface area contributed by atoms with E-state index in [0.717, 1.165) is 35.9 Å². The topological polar surface area (TPSA) is 143 Å². The van der Waals surface area contributed by atoms with Gasteiger partial charge < -0.3 is 10.6 Å². The molecular formula is C31H31N9O2. The van der Waals surface area contributed by atoms with E-state index in [0.29, 0.717) is 41.5 Å². The highest BCUT2D eigenvalue weighted by atomic mass is 16.2. The molecule has 2 amide bonds. The van der Waals surface area contributed by atoms with Gasteiger partial charge in [0.2, 0.25) is 11.7 Å². The number of hydrogen-bond acceptors (Lipinski definition) is 7. The number of pyridine rings is 1. The van der Waals surface area contributed by atoms with Crippen molar-refractivity contribution in [3.8, 4) is 17.2 Å². The maximum atomic E-state index is 13.5. The number of aromatic amines is 1. The van der Waals surface area contributed by atoms with Gasteiger partial charge in [-0.3, -0.25) is 14.6 Å². The van der Waals surface area contributed by atoms with E-state index in [-0.39, 0.29) is 11.8 Å². The fraction of sp³-hybridized carbons (Fsp3) is 0.323. The standard InChI is InChI=1S/C31H31N9O2/c41-29(34-31(16-7-17-31)30(42)33-22-13-15-25(32-19-22)28-35-38-39-36-28)21-12-14-24-26(18-21)37-40(23-10-5-2-6-11-23)27(24)20-8-3-1-4-9-20/h2,5-6,10-15,18-20H,1,3-4,7-9,16-17H2,(H,33,42)(H,34,41)(H,35,36,38,39). The molecule has 3 heterocycles. The number of rotatable bonds is 7. The quantitative estimate of drug-likeness (QED) is 0.255. The predicted octanol–water partition coefficient (Wildman–Crippen LogP) is 4.94. The number of carbonyl (C=O) groups is 2. The number of H-pyrrole nitrogens is 1. The molecule has 11 heteroatoms. The zero-order chi connectivity index (χ0) is 28.5. The van der Waals surface area contributed by atoms with Gasteiger partial charge in [0.05, 0.1) is 28.8 Å². The number of amides is 2. The molecule has 0 bridgehead atoms. The summed E-state index contributed by atoms with van der Waals surface area (Å²) in [5, 5.41) is 25.8. The lowest BCUT2D eigenvalue weighted by Gasteiger charge is -2.40. The van der Waals surface area contributed by atoms with Gasteiger partial charge in [0.15, 0.2) is 0 Å². The summed E-state index contributed by atoms with van der Waals surface area (Å²) < 4.78 is 2.06. The summed E-state index contributed by atoms with van der Waals surface area (Å²) in [4.78, 5) is 31.2. The van der Waals surface area contributed by atoms with Gasteiger partial charge in [-0.25, -0.2) is 4.68 Å². The van der Waals surface area contributed by atoms with Crippen molar-refractivity contribution < 1.29 is 9.59 Å². The summed E-state index contributed by atoms with van der Waals surface area (Å²) in [6.45, 7) is 0. The van der Waals surface area contributed by atoms with Crippen LogP contribution in [0.2, 0.25) is 0 Å². The molecule has 3 aromatic heterocycles. The van der Waals surface area contributed by atoms with E-state index in [1.807, 2.05) is 36.4 Å². The Morgan fingerprint density at radius 1 is 0.952 bits per heavy atom. The molecule has 11 nitrogen and oxygen atoms in total. The lowest BCUT2D eigenvalue weighted by Crippen LogP contribution is -2.61. The van der Waals surface area contributed by atoms with Crippen molar-refractivity contribution in [3.63, 3.8) is 0 Å². The first-order valence-corrected chi connectivity index (χ1v) is 14.5. The van der Waals surface area contributed by atoms with E-state index >= 15 is 0 Å². The van der Waals surface area contributed by atoms with Crippen LogP contribution in [-0.4, -0.2) is 52.7 Å². The second-order valence-corrected chi connectivity index (χ2v) is 11.2. The van der Waals surface area contributed by atoms with Crippen LogP contribution in [0.1, 0.15) is 73.3 Å². The molecule has 0 radical (unpaired) electrons. The van der Waals surface area contributed by atoms with Crippen molar-refractivity contribution in [2.75, 3.05) is 5.32 Å². The highest BCUT2D eigenvalue weighted by molar-refractivity contribution is 6.05. The molecule has 0 saturated heterocycles. The van der Waals surface area contributed by atoms with Crippen LogP contribution in [0.15, 0.2) is 66.9 Å². The molecule has 5 aromatic rings. The molecule has 2 aliphatic rings. The van der Waals surface area contributed by atoms with Crippen molar-refractivity contribution in [1.29, 1.82) is 0 Å². The SMILES string of the molecule is O=C(NC1(C(=O)Nc2ccc(-c3nn[nH]n3)nc2)CCC1)c1ccc2c(C3CCCCC3)n(-c3ccccc3)nc2c1. The molecule has 0 aliphatic heterocycles. The number of nitrogens with zero attached hydrogens (tertiary/aromatic N) is 6. The molecule has 42 heavy (non-hydrogen) atoms. The molecule has 0 spiro atoms. The number of tetrazole rings is 1. The highest BCUT2D eigenvalue weighted by Gasteiger charge is 2.45. The molecule has 2 aliphatic carbocycles. The van der Waals surface area contributed by atoms with Crippen LogP contribution < -0.4 is 10.6 Å². The summed E-state index contributed by atoms with van der Waals surface area (Å²) in [5.74, 6) is 0.254. The van der Waals surface area contributed by atoms with Crippen molar-refractivity contribution >= 4 is 28.4 Å². The van der Waals surface area contributed by atoms with E-state index in [9.17, 15) is 9.59 Å². The second kappa shape index (κ2) is 10.8. The van der Waals surface area contributed by atoms with Crippen molar-refractivity contribution in [1.82, 2.24) is 40.7 Å². The lowest BCUT2D eigenvalue weighted by molar-refractivity contribution is -0.125. The summed E-state index contributed by atoms with van der Waals surface area (Å²) in [7, 11) is 0. The normalized spacial score (nSPS) is 16.6. The molecule has 0 unspecified atom stereocenters. The third kappa shape index (κ3) is 4.80. The smallest absolute Gasteiger partial charge is 0.252 e. The maximum Gasteiger partial charge on any atom is 0.252 e. The van der Waals surface area contributed by atoms with Crippen LogP contribution in [0.25, 0.3) is 28.1 Å². The largest absolute Gasteiger partial charge is 0.338 e. The van der Waals surface area contributed by atoms with Gasteiger partial charge >= 0.3 is 0 Å². The van der Waals surface area contributed by atoms with E-state index in [4.69, 9.17) is 5.10 Å². The molecule has 212 valence electrons. The Bertz CT molecular complexity index is 1720. The van der Waals surface area contributed by atoms with Gasteiger partial charge in [0, 0.05) is 16.9 Å². The van der Waals surface area contributed by atoms with Gasteiger partial charge in [-0.1, -0.05) is 43.5 Å². The number of anilines is 1. The molecule has 7 rings (SSSR count). The first kappa shape index (κ1) is 26.0. The summed E-state index contributed by atoms with van der Waals surface area (Å²) in [6.07, 6.45) is 9.52. The maximum absolute atomic E-state index is 13.5.